The smallest absolute Gasteiger partial charge is 0.0484 e. The Balaban J connectivity index is 2.29. The molecular weight excluding hydrogens is 242 g/mol. The molecule has 0 aliphatic carbocycles. The molecule has 0 spiro atoms. The molecule has 1 heteroatoms. The zero-order chi connectivity index (χ0) is 13.7. The Morgan fingerprint density at radius 3 is 2.10 bits per heavy atom. The third-order valence-corrected chi connectivity index (χ3v) is 4.18. The minimum absolute atomic E-state index is 0.125. The van der Waals surface area contributed by atoms with E-state index in [2.05, 4.69) is 61.2 Å². The third kappa shape index (κ3) is 1.41. The van der Waals surface area contributed by atoms with Crippen molar-refractivity contribution in [2.75, 3.05) is 0 Å². The molecular formula is C19H15N. The van der Waals surface area contributed by atoms with Crippen molar-refractivity contribution in [3.05, 3.63) is 72.8 Å². The quantitative estimate of drug-likeness (QED) is 0.406. The Morgan fingerprint density at radius 2 is 1.40 bits per heavy atom. The van der Waals surface area contributed by atoms with E-state index in [9.17, 15) is 0 Å². The van der Waals surface area contributed by atoms with Gasteiger partial charge in [-0.3, -0.25) is 0 Å². The molecule has 0 saturated heterocycles. The van der Waals surface area contributed by atoms with Gasteiger partial charge < -0.3 is 5.73 Å². The van der Waals surface area contributed by atoms with E-state index in [0.29, 0.717) is 0 Å². The zero-order valence-electron chi connectivity index (χ0n) is 11.1. The summed E-state index contributed by atoms with van der Waals surface area (Å²) in [5, 5.41) is 7.72. The van der Waals surface area contributed by atoms with E-state index in [4.69, 9.17) is 5.73 Å². The third-order valence-electron chi connectivity index (χ3n) is 4.18. The molecule has 0 heterocycles. The van der Waals surface area contributed by atoms with E-state index in [1.54, 1.807) is 6.08 Å². The molecule has 0 fully saturated rings. The molecule has 20 heavy (non-hydrogen) atoms. The highest BCUT2D eigenvalue weighted by Crippen LogP contribution is 2.37. The summed E-state index contributed by atoms with van der Waals surface area (Å²) in [5.74, 6) is 0. The molecule has 1 atom stereocenters. The topological polar surface area (TPSA) is 26.0 Å². The van der Waals surface area contributed by atoms with Crippen molar-refractivity contribution >= 4 is 32.3 Å². The zero-order valence-corrected chi connectivity index (χ0v) is 11.1. The molecule has 4 aromatic carbocycles. The lowest BCUT2D eigenvalue weighted by atomic mass is 9.90. The lowest BCUT2D eigenvalue weighted by Gasteiger charge is -2.15. The van der Waals surface area contributed by atoms with E-state index in [1.165, 1.54) is 32.3 Å². The van der Waals surface area contributed by atoms with E-state index in [-0.39, 0.29) is 6.04 Å². The van der Waals surface area contributed by atoms with Gasteiger partial charge in [0.15, 0.2) is 0 Å². The highest BCUT2D eigenvalue weighted by molar-refractivity contribution is 6.23. The molecule has 2 N–H and O–H groups in total. The van der Waals surface area contributed by atoms with Crippen LogP contribution >= 0.6 is 0 Å². The van der Waals surface area contributed by atoms with Gasteiger partial charge in [0, 0.05) is 6.04 Å². The summed E-state index contributed by atoms with van der Waals surface area (Å²) in [6, 6.07) is 19.3. The Kier molecular flexibility index (Phi) is 2.32. The standard InChI is InChI=1S/C19H15N/c1-2-17(20)15-10-8-14-7-6-12-4-3-5-13-9-11-16(15)19(14)18(12)13/h2-11,17H,1,20H2. The Bertz CT molecular complexity index is 921. The second-order valence-electron chi connectivity index (χ2n) is 5.27. The summed E-state index contributed by atoms with van der Waals surface area (Å²) >= 11 is 0. The predicted molar refractivity (Wildman–Crippen MR) is 87.3 cm³/mol. The fourth-order valence-electron chi connectivity index (χ4n) is 3.18. The molecule has 96 valence electrons. The molecule has 0 aromatic heterocycles. The molecule has 1 unspecified atom stereocenters. The van der Waals surface area contributed by atoms with Crippen LogP contribution in [0.1, 0.15) is 11.6 Å². The van der Waals surface area contributed by atoms with E-state index < -0.39 is 0 Å². The maximum absolute atomic E-state index is 6.17. The second-order valence-corrected chi connectivity index (χ2v) is 5.27. The van der Waals surface area contributed by atoms with Gasteiger partial charge in [0.25, 0.3) is 0 Å². The number of hydrogen-bond acceptors (Lipinski definition) is 1. The summed E-state index contributed by atoms with van der Waals surface area (Å²) in [7, 11) is 0. The molecule has 1 nitrogen and oxygen atoms in total. The van der Waals surface area contributed by atoms with Crippen LogP contribution in [0.3, 0.4) is 0 Å². The van der Waals surface area contributed by atoms with Gasteiger partial charge in [-0.15, -0.1) is 6.58 Å². The van der Waals surface area contributed by atoms with Crippen molar-refractivity contribution in [3.63, 3.8) is 0 Å². The average Bonchev–Trinajstić information content (AvgIpc) is 2.51. The lowest BCUT2D eigenvalue weighted by molar-refractivity contribution is 0.926. The van der Waals surface area contributed by atoms with Gasteiger partial charge in [0.05, 0.1) is 0 Å². The van der Waals surface area contributed by atoms with E-state index in [1.807, 2.05) is 0 Å². The predicted octanol–water partition coefficient (Wildman–Crippen LogP) is 4.77. The van der Waals surface area contributed by atoms with Gasteiger partial charge in [-0.2, -0.15) is 0 Å². The molecule has 0 bridgehead atoms. The summed E-state index contributed by atoms with van der Waals surface area (Å²) in [6.07, 6.45) is 1.80. The number of hydrogen-bond donors (Lipinski definition) is 1. The second kappa shape index (κ2) is 4.06. The normalized spacial score (nSPS) is 13.2. The fraction of sp³-hybridized carbons (Fsp3) is 0.0526. The largest absolute Gasteiger partial charge is 0.321 e. The van der Waals surface area contributed by atoms with Crippen molar-refractivity contribution in [1.82, 2.24) is 0 Å². The maximum Gasteiger partial charge on any atom is 0.0484 e. The molecule has 0 aliphatic heterocycles. The van der Waals surface area contributed by atoms with Crippen LogP contribution < -0.4 is 5.73 Å². The Labute approximate surface area is 117 Å². The molecule has 0 radical (unpaired) electrons. The number of nitrogens with two attached hydrogens (primary N) is 1. The first-order valence-corrected chi connectivity index (χ1v) is 6.84. The van der Waals surface area contributed by atoms with Gasteiger partial charge in [0.2, 0.25) is 0 Å². The van der Waals surface area contributed by atoms with Gasteiger partial charge in [-0.05, 0) is 37.9 Å². The van der Waals surface area contributed by atoms with Gasteiger partial charge in [-0.1, -0.05) is 60.7 Å². The van der Waals surface area contributed by atoms with E-state index >= 15 is 0 Å². The van der Waals surface area contributed by atoms with Crippen molar-refractivity contribution in [3.8, 4) is 0 Å². The summed E-state index contributed by atoms with van der Waals surface area (Å²) in [6.45, 7) is 3.82. The van der Waals surface area contributed by atoms with Crippen LogP contribution in [-0.2, 0) is 0 Å². The monoisotopic (exact) mass is 257 g/mol. The van der Waals surface area contributed by atoms with Crippen molar-refractivity contribution < 1.29 is 0 Å². The van der Waals surface area contributed by atoms with E-state index in [0.717, 1.165) is 5.56 Å². The maximum atomic E-state index is 6.17. The first kappa shape index (κ1) is 11.4. The lowest BCUT2D eigenvalue weighted by Crippen LogP contribution is -2.07. The Morgan fingerprint density at radius 1 is 0.800 bits per heavy atom. The van der Waals surface area contributed by atoms with Crippen LogP contribution in [0.5, 0.6) is 0 Å². The van der Waals surface area contributed by atoms with Crippen LogP contribution in [-0.4, -0.2) is 0 Å². The van der Waals surface area contributed by atoms with Gasteiger partial charge >= 0.3 is 0 Å². The molecule has 0 saturated carbocycles. The van der Waals surface area contributed by atoms with Crippen LogP contribution in [0.4, 0.5) is 0 Å². The minimum Gasteiger partial charge on any atom is -0.321 e. The highest BCUT2D eigenvalue weighted by Gasteiger charge is 2.12. The summed E-state index contributed by atoms with van der Waals surface area (Å²) < 4.78 is 0. The van der Waals surface area contributed by atoms with Crippen molar-refractivity contribution in [2.45, 2.75) is 6.04 Å². The number of rotatable bonds is 2. The highest BCUT2D eigenvalue weighted by atomic mass is 14.6. The van der Waals surface area contributed by atoms with Crippen LogP contribution in [0.2, 0.25) is 0 Å². The SMILES string of the molecule is C=CC(N)c1ccc2ccc3cccc4ccc1c2c34. The van der Waals surface area contributed by atoms with Crippen LogP contribution in [0.15, 0.2) is 67.3 Å². The molecule has 4 aromatic rings. The Hall–Kier alpha value is -2.38. The molecule has 4 rings (SSSR count). The summed E-state index contributed by atoms with van der Waals surface area (Å²) in [5.41, 5.74) is 7.32. The van der Waals surface area contributed by atoms with Crippen molar-refractivity contribution in [1.29, 1.82) is 0 Å². The van der Waals surface area contributed by atoms with Crippen LogP contribution in [0.25, 0.3) is 32.3 Å². The summed E-state index contributed by atoms with van der Waals surface area (Å²) in [4.78, 5) is 0. The number of benzene rings is 4. The molecule has 0 aliphatic rings. The van der Waals surface area contributed by atoms with Crippen LogP contribution in [0, 0.1) is 0 Å². The fourth-order valence-corrected chi connectivity index (χ4v) is 3.18. The van der Waals surface area contributed by atoms with Crippen molar-refractivity contribution in [2.24, 2.45) is 5.73 Å². The van der Waals surface area contributed by atoms with Gasteiger partial charge in [0.1, 0.15) is 0 Å². The molecule has 0 amide bonds. The first-order chi connectivity index (χ1) is 9.79. The minimum atomic E-state index is -0.125. The first-order valence-electron chi connectivity index (χ1n) is 6.84. The average molecular weight is 257 g/mol. The van der Waals surface area contributed by atoms with Gasteiger partial charge in [-0.25, -0.2) is 0 Å².